The minimum atomic E-state index is -0.231. The SMILES string of the molecule is OC1CCCCCC1NCc1cnc2ccccc2n1. The van der Waals surface area contributed by atoms with Crippen LogP contribution in [0.2, 0.25) is 0 Å². The van der Waals surface area contributed by atoms with Crippen LogP contribution in [0.25, 0.3) is 11.0 Å². The summed E-state index contributed by atoms with van der Waals surface area (Å²) in [6, 6.07) is 8.08. The molecule has 1 saturated carbocycles. The number of nitrogens with one attached hydrogen (secondary N) is 1. The van der Waals surface area contributed by atoms with E-state index >= 15 is 0 Å². The summed E-state index contributed by atoms with van der Waals surface area (Å²) in [4.78, 5) is 9.02. The molecule has 0 saturated heterocycles. The molecule has 0 bridgehead atoms. The van der Waals surface area contributed by atoms with Crippen LogP contribution in [0.5, 0.6) is 0 Å². The first-order valence-electron chi connectivity index (χ1n) is 7.45. The van der Waals surface area contributed by atoms with E-state index in [2.05, 4.69) is 15.3 Å². The minimum absolute atomic E-state index is 0.186. The van der Waals surface area contributed by atoms with Gasteiger partial charge in [0.2, 0.25) is 0 Å². The van der Waals surface area contributed by atoms with Gasteiger partial charge in [-0.15, -0.1) is 0 Å². The van der Waals surface area contributed by atoms with Crippen LogP contribution >= 0.6 is 0 Å². The lowest BCUT2D eigenvalue weighted by molar-refractivity contribution is 0.119. The standard InChI is InChI=1S/C16H21N3O/c20-16-9-3-1-2-8-15(16)18-11-12-10-17-13-6-4-5-7-14(13)19-12/h4-7,10,15-16,18,20H,1-3,8-9,11H2. The third kappa shape index (κ3) is 3.14. The van der Waals surface area contributed by atoms with Crippen molar-refractivity contribution < 1.29 is 5.11 Å². The fourth-order valence-electron chi connectivity index (χ4n) is 2.84. The number of aliphatic hydroxyl groups is 1. The number of hydrogen-bond acceptors (Lipinski definition) is 4. The molecule has 4 heteroatoms. The average Bonchev–Trinajstić information content (AvgIpc) is 2.69. The number of para-hydroxylation sites is 2. The molecule has 20 heavy (non-hydrogen) atoms. The van der Waals surface area contributed by atoms with Crippen molar-refractivity contribution in [1.29, 1.82) is 0 Å². The van der Waals surface area contributed by atoms with E-state index in [9.17, 15) is 5.11 Å². The van der Waals surface area contributed by atoms with Gasteiger partial charge in [0.05, 0.1) is 29.0 Å². The van der Waals surface area contributed by atoms with E-state index in [1.807, 2.05) is 30.5 Å². The Balaban J connectivity index is 1.66. The van der Waals surface area contributed by atoms with Gasteiger partial charge in [-0.25, -0.2) is 4.98 Å². The fourth-order valence-corrected chi connectivity index (χ4v) is 2.84. The number of hydrogen-bond donors (Lipinski definition) is 2. The molecular weight excluding hydrogens is 250 g/mol. The van der Waals surface area contributed by atoms with E-state index in [1.54, 1.807) is 0 Å². The molecule has 1 heterocycles. The molecule has 2 atom stereocenters. The summed E-state index contributed by atoms with van der Waals surface area (Å²) in [6.45, 7) is 0.666. The molecule has 2 unspecified atom stereocenters. The van der Waals surface area contributed by atoms with Gasteiger partial charge in [-0.2, -0.15) is 0 Å². The van der Waals surface area contributed by atoms with E-state index < -0.39 is 0 Å². The van der Waals surface area contributed by atoms with Crippen LogP contribution in [0, 0.1) is 0 Å². The van der Waals surface area contributed by atoms with E-state index in [-0.39, 0.29) is 12.1 Å². The molecule has 0 amide bonds. The Kier molecular flexibility index (Phi) is 4.23. The number of benzene rings is 1. The Bertz CT molecular complexity index is 572. The summed E-state index contributed by atoms with van der Waals surface area (Å²) >= 11 is 0. The second-order valence-electron chi connectivity index (χ2n) is 5.54. The summed E-state index contributed by atoms with van der Waals surface area (Å²) in [5.41, 5.74) is 2.78. The Morgan fingerprint density at radius 3 is 2.80 bits per heavy atom. The predicted molar refractivity (Wildman–Crippen MR) is 79.3 cm³/mol. The third-order valence-electron chi connectivity index (χ3n) is 4.02. The maximum atomic E-state index is 10.1. The molecule has 106 valence electrons. The highest BCUT2D eigenvalue weighted by atomic mass is 16.3. The smallest absolute Gasteiger partial charge is 0.0890 e. The molecule has 0 radical (unpaired) electrons. The Labute approximate surface area is 119 Å². The van der Waals surface area contributed by atoms with Crippen LogP contribution in [-0.4, -0.2) is 27.2 Å². The maximum absolute atomic E-state index is 10.1. The van der Waals surface area contributed by atoms with Crippen molar-refractivity contribution >= 4 is 11.0 Å². The lowest BCUT2D eigenvalue weighted by Gasteiger charge is -2.21. The molecule has 3 rings (SSSR count). The van der Waals surface area contributed by atoms with Crippen molar-refractivity contribution in [3.05, 3.63) is 36.2 Å². The van der Waals surface area contributed by atoms with E-state index in [1.165, 1.54) is 12.8 Å². The number of fused-ring (bicyclic) bond motifs is 1. The lowest BCUT2D eigenvalue weighted by Crippen LogP contribution is -2.38. The molecule has 2 N–H and O–H groups in total. The highest BCUT2D eigenvalue weighted by Crippen LogP contribution is 2.18. The normalized spacial score (nSPS) is 23.6. The van der Waals surface area contributed by atoms with E-state index in [0.29, 0.717) is 6.54 Å². The van der Waals surface area contributed by atoms with Crippen LogP contribution in [0.1, 0.15) is 37.8 Å². The first-order valence-corrected chi connectivity index (χ1v) is 7.45. The van der Waals surface area contributed by atoms with Crippen LogP contribution in [0.4, 0.5) is 0 Å². The molecular formula is C16H21N3O. The second kappa shape index (κ2) is 6.29. The third-order valence-corrected chi connectivity index (χ3v) is 4.02. The number of nitrogens with zero attached hydrogens (tertiary/aromatic N) is 2. The Morgan fingerprint density at radius 1 is 1.10 bits per heavy atom. The summed E-state index contributed by atoms with van der Waals surface area (Å²) in [6.07, 6.45) is 7.09. The summed E-state index contributed by atoms with van der Waals surface area (Å²) in [5.74, 6) is 0. The Morgan fingerprint density at radius 2 is 1.90 bits per heavy atom. The topological polar surface area (TPSA) is 58.0 Å². The van der Waals surface area contributed by atoms with E-state index in [0.717, 1.165) is 36.0 Å². The Hall–Kier alpha value is -1.52. The summed E-state index contributed by atoms with van der Waals surface area (Å²) < 4.78 is 0. The minimum Gasteiger partial charge on any atom is -0.392 e. The predicted octanol–water partition coefficient (Wildman–Crippen LogP) is 2.41. The highest BCUT2D eigenvalue weighted by Gasteiger charge is 2.20. The van der Waals surface area contributed by atoms with Crippen molar-refractivity contribution in [2.45, 2.75) is 50.8 Å². The fraction of sp³-hybridized carbons (Fsp3) is 0.500. The van der Waals surface area contributed by atoms with Crippen LogP contribution < -0.4 is 5.32 Å². The van der Waals surface area contributed by atoms with Crippen molar-refractivity contribution in [2.24, 2.45) is 0 Å². The molecule has 1 fully saturated rings. The number of aromatic nitrogens is 2. The largest absolute Gasteiger partial charge is 0.392 e. The quantitative estimate of drug-likeness (QED) is 0.842. The molecule has 1 aromatic carbocycles. The zero-order valence-corrected chi connectivity index (χ0v) is 11.6. The van der Waals surface area contributed by atoms with Crippen molar-refractivity contribution in [1.82, 2.24) is 15.3 Å². The van der Waals surface area contributed by atoms with Gasteiger partial charge in [0.1, 0.15) is 0 Å². The molecule has 2 aromatic rings. The van der Waals surface area contributed by atoms with Crippen molar-refractivity contribution in [3.8, 4) is 0 Å². The zero-order chi connectivity index (χ0) is 13.8. The first-order chi connectivity index (χ1) is 9.83. The molecule has 0 spiro atoms. The summed E-state index contributed by atoms with van der Waals surface area (Å²) in [7, 11) is 0. The van der Waals surface area contributed by atoms with Gasteiger partial charge in [0, 0.05) is 12.6 Å². The van der Waals surface area contributed by atoms with Crippen LogP contribution in [-0.2, 0) is 6.54 Å². The van der Waals surface area contributed by atoms with E-state index in [4.69, 9.17) is 0 Å². The monoisotopic (exact) mass is 271 g/mol. The zero-order valence-electron chi connectivity index (χ0n) is 11.6. The van der Waals surface area contributed by atoms with Gasteiger partial charge in [-0.1, -0.05) is 31.4 Å². The molecule has 1 aliphatic carbocycles. The highest BCUT2D eigenvalue weighted by molar-refractivity contribution is 5.73. The van der Waals surface area contributed by atoms with Crippen molar-refractivity contribution in [3.63, 3.8) is 0 Å². The van der Waals surface area contributed by atoms with Gasteiger partial charge in [-0.05, 0) is 25.0 Å². The van der Waals surface area contributed by atoms with Gasteiger partial charge >= 0.3 is 0 Å². The lowest BCUT2D eigenvalue weighted by atomic mass is 10.1. The number of rotatable bonds is 3. The van der Waals surface area contributed by atoms with Gasteiger partial charge < -0.3 is 10.4 Å². The molecule has 0 aliphatic heterocycles. The van der Waals surface area contributed by atoms with Gasteiger partial charge in [0.15, 0.2) is 0 Å². The van der Waals surface area contributed by atoms with Crippen LogP contribution in [0.15, 0.2) is 30.5 Å². The molecule has 4 nitrogen and oxygen atoms in total. The number of aliphatic hydroxyl groups excluding tert-OH is 1. The van der Waals surface area contributed by atoms with Crippen LogP contribution in [0.3, 0.4) is 0 Å². The molecule has 1 aliphatic rings. The average molecular weight is 271 g/mol. The first kappa shape index (κ1) is 13.5. The summed E-state index contributed by atoms with van der Waals surface area (Å²) in [5, 5.41) is 13.5. The van der Waals surface area contributed by atoms with Gasteiger partial charge in [-0.3, -0.25) is 4.98 Å². The van der Waals surface area contributed by atoms with Gasteiger partial charge in [0.25, 0.3) is 0 Å². The maximum Gasteiger partial charge on any atom is 0.0890 e. The van der Waals surface area contributed by atoms with Crippen molar-refractivity contribution in [2.75, 3.05) is 0 Å². The second-order valence-corrected chi connectivity index (χ2v) is 5.54. The molecule has 1 aromatic heterocycles.